The van der Waals surface area contributed by atoms with E-state index in [1.807, 2.05) is 0 Å². The SMILES string of the molecule is C[C@H](O)c1nc(C2CN3CCN2CC3)no1. The number of aromatic nitrogens is 2. The molecule has 0 radical (unpaired) electrons. The molecule has 3 aliphatic rings. The zero-order valence-electron chi connectivity index (χ0n) is 9.33. The third kappa shape index (κ3) is 1.63. The zero-order chi connectivity index (χ0) is 11.1. The van der Waals surface area contributed by atoms with E-state index in [2.05, 4.69) is 19.9 Å². The maximum atomic E-state index is 9.35. The summed E-state index contributed by atoms with van der Waals surface area (Å²) in [5.41, 5.74) is 0. The second-order valence-corrected chi connectivity index (χ2v) is 4.52. The van der Waals surface area contributed by atoms with Crippen LogP contribution >= 0.6 is 0 Å². The summed E-state index contributed by atoms with van der Waals surface area (Å²) in [4.78, 5) is 9.06. The number of piperazine rings is 3. The van der Waals surface area contributed by atoms with Gasteiger partial charge in [0.15, 0.2) is 5.82 Å². The molecule has 1 unspecified atom stereocenters. The Balaban J connectivity index is 1.81. The largest absolute Gasteiger partial charge is 0.384 e. The first-order valence-electron chi connectivity index (χ1n) is 5.72. The highest BCUT2D eigenvalue weighted by Crippen LogP contribution is 2.27. The summed E-state index contributed by atoms with van der Waals surface area (Å²) >= 11 is 0. The van der Waals surface area contributed by atoms with Gasteiger partial charge in [-0.1, -0.05) is 5.16 Å². The summed E-state index contributed by atoms with van der Waals surface area (Å²) in [6.07, 6.45) is -0.683. The standard InChI is InChI=1S/C10H16N4O2/c1-7(15)10-11-9(12-16-10)8-6-13-2-4-14(8)5-3-13/h7-8,15H,2-6H2,1H3/t7-,8?/m0/s1. The molecule has 3 aliphatic heterocycles. The second-order valence-electron chi connectivity index (χ2n) is 4.52. The van der Waals surface area contributed by atoms with Gasteiger partial charge in [-0.3, -0.25) is 9.80 Å². The number of aliphatic hydroxyl groups is 1. The van der Waals surface area contributed by atoms with E-state index in [4.69, 9.17) is 4.52 Å². The number of nitrogens with zero attached hydrogens (tertiary/aromatic N) is 4. The minimum Gasteiger partial charge on any atom is -0.384 e. The van der Waals surface area contributed by atoms with Crippen LogP contribution in [-0.4, -0.2) is 57.8 Å². The molecule has 0 spiro atoms. The van der Waals surface area contributed by atoms with E-state index in [-0.39, 0.29) is 6.04 Å². The van der Waals surface area contributed by atoms with Crippen LogP contribution in [0.25, 0.3) is 0 Å². The van der Waals surface area contributed by atoms with Crippen LogP contribution in [0, 0.1) is 0 Å². The summed E-state index contributed by atoms with van der Waals surface area (Å²) in [6.45, 7) is 7.02. The molecule has 1 aromatic heterocycles. The van der Waals surface area contributed by atoms with E-state index >= 15 is 0 Å². The number of hydrogen-bond donors (Lipinski definition) is 1. The van der Waals surface area contributed by atoms with Crippen LogP contribution in [0.1, 0.15) is 30.8 Å². The van der Waals surface area contributed by atoms with Crippen molar-refractivity contribution in [2.45, 2.75) is 19.1 Å². The van der Waals surface area contributed by atoms with Gasteiger partial charge in [0.05, 0.1) is 6.04 Å². The van der Waals surface area contributed by atoms with E-state index in [9.17, 15) is 5.11 Å². The molecule has 2 bridgehead atoms. The Labute approximate surface area is 93.8 Å². The molecule has 6 nitrogen and oxygen atoms in total. The normalized spacial score (nSPS) is 35.2. The van der Waals surface area contributed by atoms with Crippen molar-refractivity contribution in [3.8, 4) is 0 Å². The molecule has 3 saturated heterocycles. The highest BCUT2D eigenvalue weighted by atomic mass is 16.5. The van der Waals surface area contributed by atoms with Crippen molar-refractivity contribution in [2.75, 3.05) is 32.7 Å². The quantitative estimate of drug-likeness (QED) is 0.750. The number of rotatable bonds is 2. The highest BCUT2D eigenvalue weighted by Gasteiger charge is 2.35. The second kappa shape index (κ2) is 3.80. The zero-order valence-corrected chi connectivity index (χ0v) is 9.33. The minimum atomic E-state index is -0.683. The van der Waals surface area contributed by atoms with Crippen LogP contribution in [0.5, 0.6) is 0 Å². The Morgan fingerprint density at radius 3 is 2.62 bits per heavy atom. The van der Waals surface area contributed by atoms with Gasteiger partial charge < -0.3 is 9.63 Å². The number of fused-ring (bicyclic) bond motifs is 3. The minimum absolute atomic E-state index is 0.235. The number of aliphatic hydroxyl groups excluding tert-OH is 1. The lowest BCUT2D eigenvalue weighted by Crippen LogP contribution is -2.57. The van der Waals surface area contributed by atoms with E-state index in [0.717, 1.165) is 32.7 Å². The van der Waals surface area contributed by atoms with Crippen LogP contribution in [0.2, 0.25) is 0 Å². The first kappa shape index (κ1) is 10.2. The Kier molecular flexibility index (Phi) is 2.42. The van der Waals surface area contributed by atoms with Gasteiger partial charge in [0.1, 0.15) is 6.10 Å². The molecular weight excluding hydrogens is 208 g/mol. The third-order valence-electron chi connectivity index (χ3n) is 3.39. The molecule has 88 valence electrons. The molecule has 0 aromatic carbocycles. The van der Waals surface area contributed by atoms with Crippen molar-refractivity contribution in [3.05, 3.63) is 11.7 Å². The fraction of sp³-hybridized carbons (Fsp3) is 0.800. The third-order valence-corrected chi connectivity index (χ3v) is 3.39. The van der Waals surface area contributed by atoms with Crippen molar-refractivity contribution in [2.24, 2.45) is 0 Å². The van der Waals surface area contributed by atoms with Gasteiger partial charge in [0, 0.05) is 32.7 Å². The van der Waals surface area contributed by atoms with Gasteiger partial charge in [-0.15, -0.1) is 0 Å². The average molecular weight is 224 g/mol. The lowest BCUT2D eigenvalue weighted by molar-refractivity contribution is 0.00780. The molecule has 3 fully saturated rings. The van der Waals surface area contributed by atoms with Crippen molar-refractivity contribution in [1.29, 1.82) is 0 Å². The van der Waals surface area contributed by atoms with Gasteiger partial charge in [-0.05, 0) is 6.92 Å². The number of hydrogen-bond acceptors (Lipinski definition) is 6. The Morgan fingerprint density at radius 1 is 1.38 bits per heavy atom. The van der Waals surface area contributed by atoms with Crippen LogP contribution in [0.4, 0.5) is 0 Å². The molecule has 6 heteroatoms. The van der Waals surface area contributed by atoms with Gasteiger partial charge in [-0.25, -0.2) is 0 Å². The van der Waals surface area contributed by atoms with E-state index in [1.54, 1.807) is 6.92 Å². The predicted octanol–water partition coefficient (Wildman–Crippen LogP) is -0.205. The molecule has 0 saturated carbocycles. The highest BCUT2D eigenvalue weighted by molar-refractivity contribution is 5.02. The van der Waals surface area contributed by atoms with Crippen molar-refractivity contribution >= 4 is 0 Å². The molecule has 0 amide bonds. The molecule has 4 rings (SSSR count). The lowest BCUT2D eigenvalue weighted by atomic mass is 10.1. The molecule has 0 aliphatic carbocycles. The maximum absolute atomic E-state index is 9.35. The van der Waals surface area contributed by atoms with Crippen molar-refractivity contribution in [3.63, 3.8) is 0 Å². The van der Waals surface area contributed by atoms with Crippen LogP contribution in [0.3, 0.4) is 0 Å². The summed E-state index contributed by atoms with van der Waals surface area (Å²) in [6, 6.07) is 0.235. The molecule has 4 heterocycles. The van der Waals surface area contributed by atoms with E-state index in [0.29, 0.717) is 11.7 Å². The maximum Gasteiger partial charge on any atom is 0.255 e. The first-order valence-corrected chi connectivity index (χ1v) is 5.72. The monoisotopic (exact) mass is 224 g/mol. The van der Waals surface area contributed by atoms with Crippen LogP contribution in [0.15, 0.2) is 4.52 Å². The van der Waals surface area contributed by atoms with Crippen LogP contribution in [-0.2, 0) is 0 Å². The van der Waals surface area contributed by atoms with Gasteiger partial charge >= 0.3 is 0 Å². The van der Waals surface area contributed by atoms with Gasteiger partial charge in [-0.2, -0.15) is 4.98 Å². The summed E-state index contributed by atoms with van der Waals surface area (Å²) in [7, 11) is 0. The summed E-state index contributed by atoms with van der Waals surface area (Å²) in [5, 5.41) is 13.3. The Bertz CT molecular complexity index is 371. The topological polar surface area (TPSA) is 65.6 Å². The molecule has 1 N–H and O–H groups in total. The summed E-state index contributed by atoms with van der Waals surface area (Å²) in [5.74, 6) is 1.02. The van der Waals surface area contributed by atoms with Crippen LogP contribution < -0.4 is 0 Å². The summed E-state index contributed by atoms with van der Waals surface area (Å²) < 4.78 is 5.03. The molecule has 1 aromatic rings. The fourth-order valence-electron chi connectivity index (χ4n) is 2.41. The fourth-order valence-corrected chi connectivity index (χ4v) is 2.41. The van der Waals surface area contributed by atoms with Gasteiger partial charge in [0.25, 0.3) is 5.89 Å². The molecular formula is C10H16N4O2. The lowest BCUT2D eigenvalue weighted by Gasteiger charge is -2.46. The van der Waals surface area contributed by atoms with E-state index < -0.39 is 6.10 Å². The van der Waals surface area contributed by atoms with Crippen molar-refractivity contribution < 1.29 is 9.63 Å². The Morgan fingerprint density at radius 2 is 2.12 bits per heavy atom. The predicted molar refractivity (Wildman–Crippen MR) is 55.7 cm³/mol. The Hall–Kier alpha value is -0.980. The average Bonchev–Trinajstić information content (AvgIpc) is 2.80. The van der Waals surface area contributed by atoms with Gasteiger partial charge in [0.2, 0.25) is 0 Å². The van der Waals surface area contributed by atoms with Crippen molar-refractivity contribution in [1.82, 2.24) is 19.9 Å². The smallest absolute Gasteiger partial charge is 0.255 e. The molecule has 2 atom stereocenters. The first-order chi connectivity index (χ1) is 7.74. The van der Waals surface area contributed by atoms with E-state index in [1.165, 1.54) is 0 Å². The molecule has 16 heavy (non-hydrogen) atoms.